The molecular formula is C11H17N3O2. The first kappa shape index (κ1) is 11.0. The Bertz CT molecular complexity index is 408. The van der Waals surface area contributed by atoms with E-state index in [1.54, 1.807) is 0 Å². The second-order valence-electron chi connectivity index (χ2n) is 4.29. The predicted molar refractivity (Wildman–Crippen MR) is 60.1 cm³/mol. The average Bonchev–Trinajstić information content (AvgIpc) is 2.48. The molecule has 0 radical (unpaired) electrons. The minimum Gasteiger partial charge on any atom is -0.464 e. The minimum atomic E-state index is -0.465. The van der Waals surface area contributed by atoms with E-state index in [1.807, 2.05) is 11.5 Å². The Morgan fingerprint density at radius 3 is 2.81 bits per heavy atom. The van der Waals surface area contributed by atoms with E-state index >= 15 is 0 Å². The Kier molecular flexibility index (Phi) is 2.85. The van der Waals surface area contributed by atoms with Crippen molar-refractivity contribution in [2.45, 2.75) is 32.7 Å². The maximum absolute atomic E-state index is 11.4. The van der Waals surface area contributed by atoms with E-state index in [0.717, 1.165) is 12.4 Å². The van der Waals surface area contributed by atoms with E-state index in [-0.39, 0.29) is 5.69 Å². The van der Waals surface area contributed by atoms with Gasteiger partial charge in [0.25, 0.3) is 0 Å². The van der Waals surface area contributed by atoms with Gasteiger partial charge < -0.3 is 15.0 Å². The van der Waals surface area contributed by atoms with Crippen LogP contribution in [0.3, 0.4) is 0 Å². The Balaban J connectivity index is 2.23. The normalized spacial score (nSPS) is 15.9. The second kappa shape index (κ2) is 4.15. The number of aryl methyl sites for hydroxylation is 1. The van der Waals surface area contributed by atoms with E-state index in [9.17, 15) is 4.79 Å². The maximum Gasteiger partial charge on any atom is 0.360 e. The van der Waals surface area contributed by atoms with Crippen LogP contribution in [0.4, 0.5) is 5.82 Å². The number of carbonyl (C=O) groups is 1. The van der Waals surface area contributed by atoms with Gasteiger partial charge in [-0.25, -0.2) is 9.78 Å². The lowest BCUT2D eigenvalue weighted by atomic mass is 9.85. The molecule has 1 fully saturated rings. The van der Waals surface area contributed by atoms with Crippen LogP contribution in [-0.4, -0.2) is 22.6 Å². The van der Waals surface area contributed by atoms with Crippen molar-refractivity contribution >= 4 is 11.8 Å². The van der Waals surface area contributed by atoms with Gasteiger partial charge in [0.2, 0.25) is 0 Å². The molecule has 1 aromatic heterocycles. The number of nitrogen functional groups attached to an aromatic ring is 1. The molecule has 5 heteroatoms. The van der Waals surface area contributed by atoms with Gasteiger partial charge in [0.05, 0.1) is 7.11 Å². The third kappa shape index (κ3) is 1.77. The van der Waals surface area contributed by atoms with Crippen LogP contribution >= 0.6 is 0 Å². The summed E-state index contributed by atoms with van der Waals surface area (Å²) in [5.41, 5.74) is 6.14. The number of aromatic nitrogens is 2. The van der Waals surface area contributed by atoms with Gasteiger partial charge in [-0.1, -0.05) is 6.42 Å². The predicted octanol–water partition coefficient (Wildman–Crippen LogP) is 1.36. The summed E-state index contributed by atoms with van der Waals surface area (Å²) in [6, 6.07) is 0. The quantitative estimate of drug-likeness (QED) is 0.785. The van der Waals surface area contributed by atoms with Crippen molar-refractivity contribution in [2.24, 2.45) is 5.92 Å². The van der Waals surface area contributed by atoms with Gasteiger partial charge in [0, 0.05) is 6.54 Å². The van der Waals surface area contributed by atoms with Crippen molar-refractivity contribution in [3.8, 4) is 0 Å². The number of methoxy groups -OCH3 is 1. The lowest BCUT2D eigenvalue weighted by molar-refractivity contribution is 0.0595. The number of hydrogen-bond acceptors (Lipinski definition) is 4. The van der Waals surface area contributed by atoms with Gasteiger partial charge in [-0.15, -0.1) is 0 Å². The topological polar surface area (TPSA) is 70.1 Å². The number of carbonyl (C=O) groups excluding carboxylic acids is 1. The van der Waals surface area contributed by atoms with Crippen molar-refractivity contribution in [1.82, 2.24) is 9.55 Å². The molecule has 0 saturated heterocycles. The molecule has 0 unspecified atom stereocenters. The monoisotopic (exact) mass is 223 g/mol. The summed E-state index contributed by atoms with van der Waals surface area (Å²) in [5.74, 6) is 1.43. The Morgan fingerprint density at radius 1 is 1.62 bits per heavy atom. The number of nitrogens with zero attached hydrogens (tertiary/aromatic N) is 2. The zero-order valence-corrected chi connectivity index (χ0v) is 9.69. The van der Waals surface area contributed by atoms with E-state index in [2.05, 4.69) is 9.72 Å². The highest BCUT2D eigenvalue weighted by atomic mass is 16.5. The van der Waals surface area contributed by atoms with Crippen LogP contribution in [0.5, 0.6) is 0 Å². The number of imidazole rings is 1. The second-order valence-corrected chi connectivity index (χ2v) is 4.29. The first-order chi connectivity index (χ1) is 7.63. The minimum absolute atomic E-state index is 0.235. The van der Waals surface area contributed by atoms with Crippen molar-refractivity contribution in [3.05, 3.63) is 11.5 Å². The average molecular weight is 223 g/mol. The highest BCUT2D eigenvalue weighted by molar-refractivity contribution is 5.92. The molecule has 88 valence electrons. The molecule has 1 aliphatic carbocycles. The standard InChI is InChI=1S/C11H17N3O2/c1-7-13-9(11(15)16-2)10(12)14(7)6-8-4-3-5-8/h8H,3-6,12H2,1-2H3. The highest BCUT2D eigenvalue weighted by Crippen LogP contribution is 2.29. The molecule has 0 spiro atoms. The fourth-order valence-electron chi connectivity index (χ4n) is 1.99. The summed E-state index contributed by atoms with van der Waals surface area (Å²) in [7, 11) is 1.34. The molecule has 1 saturated carbocycles. The van der Waals surface area contributed by atoms with E-state index in [1.165, 1.54) is 26.4 Å². The molecule has 0 aliphatic heterocycles. The van der Waals surface area contributed by atoms with Gasteiger partial charge in [0.1, 0.15) is 11.6 Å². The number of anilines is 1. The summed E-state index contributed by atoms with van der Waals surface area (Å²) in [5, 5.41) is 0. The van der Waals surface area contributed by atoms with Gasteiger partial charge in [-0.3, -0.25) is 0 Å². The summed E-state index contributed by atoms with van der Waals surface area (Å²) in [4.78, 5) is 15.5. The molecule has 0 aromatic carbocycles. The molecular weight excluding hydrogens is 206 g/mol. The SMILES string of the molecule is COC(=O)c1nc(C)n(CC2CCC2)c1N. The third-order valence-corrected chi connectivity index (χ3v) is 3.24. The third-order valence-electron chi connectivity index (χ3n) is 3.24. The molecule has 2 N–H and O–H groups in total. The molecule has 0 bridgehead atoms. The zero-order valence-electron chi connectivity index (χ0n) is 9.69. The van der Waals surface area contributed by atoms with Crippen LogP contribution in [-0.2, 0) is 11.3 Å². The maximum atomic E-state index is 11.4. The largest absolute Gasteiger partial charge is 0.464 e. The molecule has 0 atom stereocenters. The summed E-state index contributed by atoms with van der Waals surface area (Å²) >= 11 is 0. The molecule has 1 aromatic rings. The highest BCUT2D eigenvalue weighted by Gasteiger charge is 2.23. The lowest BCUT2D eigenvalue weighted by Crippen LogP contribution is -2.20. The van der Waals surface area contributed by atoms with Gasteiger partial charge in [-0.05, 0) is 25.7 Å². The number of esters is 1. The molecule has 5 nitrogen and oxygen atoms in total. The van der Waals surface area contributed by atoms with E-state index in [4.69, 9.17) is 5.73 Å². The summed E-state index contributed by atoms with van der Waals surface area (Å²) in [6.45, 7) is 2.73. The Labute approximate surface area is 94.6 Å². The fourth-order valence-corrected chi connectivity index (χ4v) is 1.99. The summed E-state index contributed by atoms with van der Waals surface area (Å²) in [6.07, 6.45) is 3.78. The van der Waals surface area contributed by atoms with Crippen LogP contribution in [0.1, 0.15) is 35.6 Å². The van der Waals surface area contributed by atoms with Crippen molar-refractivity contribution in [2.75, 3.05) is 12.8 Å². The van der Waals surface area contributed by atoms with E-state index in [0.29, 0.717) is 11.7 Å². The number of ether oxygens (including phenoxy) is 1. The molecule has 1 aliphatic rings. The lowest BCUT2D eigenvalue weighted by Gasteiger charge is -2.26. The number of rotatable bonds is 3. The van der Waals surface area contributed by atoms with Crippen LogP contribution in [0.2, 0.25) is 0 Å². The van der Waals surface area contributed by atoms with Crippen LogP contribution in [0.25, 0.3) is 0 Å². The Hall–Kier alpha value is -1.52. The summed E-state index contributed by atoms with van der Waals surface area (Å²) < 4.78 is 6.55. The van der Waals surface area contributed by atoms with Crippen molar-refractivity contribution in [3.63, 3.8) is 0 Å². The van der Waals surface area contributed by atoms with Gasteiger partial charge in [0.15, 0.2) is 5.69 Å². The van der Waals surface area contributed by atoms with Gasteiger partial charge >= 0.3 is 5.97 Å². The first-order valence-electron chi connectivity index (χ1n) is 5.54. The smallest absolute Gasteiger partial charge is 0.360 e. The Morgan fingerprint density at radius 2 is 2.31 bits per heavy atom. The van der Waals surface area contributed by atoms with Crippen LogP contribution < -0.4 is 5.73 Å². The van der Waals surface area contributed by atoms with E-state index < -0.39 is 5.97 Å². The molecule has 1 heterocycles. The fraction of sp³-hybridized carbons (Fsp3) is 0.636. The van der Waals surface area contributed by atoms with Crippen LogP contribution in [0, 0.1) is 12.8 Å². The molecule has 0 amide bonds. The molecule has 16 heavy (non-hydrogen) atoms. The van der Waals surface area contributed by atoms with Crippen molar-refractivity contribution < 1.29 is 9.53 Å². The number of hydrogen-bond donors (Lipinski definition) is 1. The zero-order chi connectivity index (χ0) is 11.7. The van der Waals surface area contributed by atoms with Crippen LogP contribution in [0.15, 0.2) is 0 Å². The number of nitrogens with two attached hydrogens (primary N) is 1. The molecule has 2 rings (SSSR count). The van der Waals surface area contributed by atoms with Crippen molar-refractivity contribution in [1.29, 1.82) is 0 Å². The van der Waals surface area contributed by atoms with Gasteiger partial charge in [-0.2, -0.15) is 0 Å². The first-order valence-corrected chi connectivity index (χ1v) is 5.54.